The molecule has 2 aromatic carbocycles. The number of amides is 2. The van der Waals surface area contributed by atoms with Crippen LogP contribution in [0.15, 0.2) is 58.7 Å². The summed E-state index contributed by atoms with van der Waals surface area (Å²) in [6, 6.07) is 14.6. The van der Waals surface area contributed by atoms with Crippen LogP contribution in [0.1, 0.15) is 41.6 Å². The number of para-hydroxylation sites is 1. The van der Waals surface area contributed by atoms with Crippen molar-refractivity contribution in [3.05, 3.63) is 69.8 Å². The SMILES string of the molecule is COc1ccccc1C(=O)NC(=Cc1ccc(Br)cc1)C(=O)N1CCCCCC1. The van der Waals surface area contributed by atoms with E-state index in [0.717, 1.165) is 35.7 Å². The molecule has 6 heteroatoms. The van der Waals surface area contributed by atoms with Crippen molar-refractivity contribution in [2.75, 3.05) is 20.2 Å². The average molecular weight is 457 g/mol. The Bertz CT molecular complexity index is 885. The fourth-order valence-corrected chi connectivity index (χ4v) is 3.61. The molecule has 1 aliphatic rings. The highest BCUT2D eigenvalue weighted by Gasteiger charge is 2.22. The fraction of sp³-hybridized carbons (Fsp3) is 0.304. The number of benzene rings is 2. The van der Waals surface area contributed by atoms with Gasteiger partial charge in [-0.2, -0.15) is 0 Å². The number of hydrogen-bond donors (Lipinski definition) is 1. The van der Waals surface area contributed by atoms with E-state index < -0.39 is 0 Å². The first-order valence-corrected chi connectivity index (χ1v) is 10.6. The number of carbonyl (C=O) groups is 2. The van der Waals surface area contributed by atoms with Crippen molar-refractivity contribution < 1.29 is 14.3 Å². The van der Waals surface area contributed by atoms with Crippen LogP contribution in [0.4, 0.5) is 0 Å². The lowest BCUT2D eigenvalue weighted by Gasteiger charge is -2.22. The number of nitrogens with one attached hydrogen (secondary N) is 1. The van der Waals surface area contributed by atoms with E-state index in [9.17, 15) is 9.59 Å². The Kier molecular flexibility index (Phi) is 7.47. The maximum Gasteiger partial charge on any atom is 0.270 e. The Labute approximate surface area is 179 Å². The summed E-state index contributed by atoms with van der Waals surface area (Å²) in [5, 5.41) is 2.83. The standard InChI is InChI=1S/C23H25BrN2O3/c1-29-21-9-5-4-8-19(21)22(27)25-20(16-17-10-12-18(24)13-11-17)23(28)26-14-6-2-3-7-15-26/h4-5,8-13,16H,2-3,6-7,14-15H2,1H3,(H,25,27). The van der Waals surface area contributed by atoms with Crippen LogP contribution in [-0.2, 0) is 4.79 Å². The molecule has 0 spiro atoms. The van der Waals surface area contributed by atoms with Gasteiger partial charge in [0.15, 0.2) is 0 Å². The second-order valence-corrected chi connectivity index (χ2v) is 7.89. The minimum Gasteiger partial charge on any atom is -0.496 e. The highest BCUT2D eigenvalue weighted by Crippen LogP contribution is 2.19. The number of methoxy groups -OCH3 is 1. The number of likely N-dealkylation sites (tertiary alicyclic amines) is 1. The summed E-state index contributed by atoms with van der Waals surface area (Å²) in [7, 11) is 1.52. The van der Waals surface area contributed by atoms with Gasteiger partial charge in [-0.15, -0.1) is 0 Å². The molecule has 0 unspecified atom stereocenters. The second-order valence-electron chi connectivity index (χ2n) is 6.97. The summed E-state index contributed by atoms with van der Waals surface area (Å²) < 4.78 is 6.24. The Balaban J connectivity index is 1.90. The van der Waals surface area contributed by atoms with Crippen molar-refractivity contribution in [3.63, 3.8) is 0 Å². The molecule has 1 saturated heterocycles. The van der Waals surface area contributed by atoms with Crippen LogP contribution in [0.3, 0.4) is 0 Å². The third-order valence-electron chi connectivity index (χ3n) is 4.90. The Morgan fingerprint density at radius 1 is 1.00 bits per heavy atom. The predicted molar refractivity (Wildman–Crippen MR) is 118 cm³/mol. The Morgan fingerprint density at radius 2 is 1.66 bits per heavy atom. The maximum atomic E-state index is 13.2. The fourth-order valence-electron chi connectivity index (χ4n) is 3.34. The van der Waals surface area contributed by atoms with Crippen LogP contribution >= 0.6 is 15.9 Å². The highest BCUT2D eigenvalue weighted by molar-refractivity contribution is 9.10. The summed E-state index contributed by atoms with van der Waals surface area (Å²) in [6.07, 6.45) is 5.95. The van der Waals surface area contributed by atoms with Gasteiger partial charge in [0, 0.05) is 17.6 Å². The van der Waals surface area contributed by atoms with Gasteiger partial charge in [0.1, 0.15) is 11.4 Å². The number of carbonyl (C=O) groups excluding carboxylic acids is 2. The van der Waals surface area contributed by atoms with Gasteiger partial charge in [-0.25, -0.2) is 0 Å². The molecule has 5 nitrogen and oxygen atoms in total. The van der Waals surface area contributed by atoms with Gasteiger partial charge in [0.2, 0.25) is 0 Å². The van der Waals surface area contributed by atoms with E-state index in [1.807, 2.05) is 29.2 Å². The van der Waals surface area contributed by atoms with E-state index in [1.165, 1.54) is 7.11 Å². The molecule has 29 heavy (non-hydrogen) atoms. The summed E-state index contributed by atoms with van der Waals surface area (Å²) in [5.74, 6) is -0.0535. The maximum absolute atomic E-state index is 13.2. The van der Waals surface area contributed by atoms with Crippen LogP contribution in [-0.4, -0.2) is 36.9 Å². The molecule has 3 rings (SSSR count). The minimum absolute atomic E-state index is 0.155. The van der Waals surface area contributed by atoms with Crippen molar-refractivity contribution in [2.24, 2.45) is 0 Å². The summed E-state index contributed by atoms with van der Waals surface area (Å²) in [6.45, 7) is 1.42. The first-order valence-electron chi connectivity index (χ1n) is 9.79. The zero-order valence-corrected chi connectivity index (χ0v) is 18.1. The zero-order valence-electron chi connectivity index (χ0n) is 16.5. The van der Waals surface area contributed by atoms with E-state index in [4.69, 9.17) is 4.74 Å². The molecule has 1 heterocycles. The quantitative estimate of drug-likeness (QED) is 0.667. The molecule has 0 radical (unpaired) electrons. The average Bonchev–Trinajstić information content (AvgIpc) is 3.03. The summed E-state index contributed by atoms with van der Waals surface area (Å²) in [5.41, 5.74) is 1.50. The van der Waals surface area contributed by atoms with Crippen LogP contribution in [0, 0.1) is 0 Å². The first kappa shape index (κ1) is 21.1. The third kappa shape index (κ3) is 5.70. The largest absolute Gasteiger partial charge is 0.496 e. The van der Waals surface area contributed by atoms with Gasteiger partial charge in [-0.3, -0.25) is 9.59 Å². The van der Waals surface area contributed by atoms with E-state index in [0.29, 0.717) is 24.4 Å². The zero-order chi connectivity index (χ0) is 20.6. The van der Waals surface area contributed by atoms with Crippen molar-refractivity contribution in [1.29, 1.82) is 0 Å². The van der Waals surface area contributed by atoms with Gasteiger partial charge in [0.25, 0.3) is 11.8 Å². The molecule has 0 aliphatic carbocycles. The van der Waals surface area contributed by atoms with E-state index in [2.05, 4.69) is 21.2 Å². The molecule has 152 valence electrons. The monoisotopic (exact) mass is 456 g/mol. The lowest BCUT2D eigenvalue weighted by atomic mass is 10.1. The van der Waals surface area contributed by atoms with Gasteiger partial charge in [-0.1, -0.05) is 53.0 Å². The van der Waals surface area contributed by atoms with E-state index >= 15 is 0 Å². The van der Waals surface area contributed by atoms with Crippen LogP contribution in [0.2, 0.25) is 0 Å². The minimum atomic E-state index is -0.367. The van der Waals surface area contributed by atoms with Crippen LogP contribution in [0.5, 0.6) is 5.75 Å². The van der Waals surface area contributed by atoms with Crippen molar-refractivity contribution in [3.8, 4) is 5.75 Å². The number of hydrogen-bond acceptors (Lipinski definition) is 3. The summed E-state index contributed by atoms with van der Waals surface area (Å²) >= 11 is 3.42. The van der Waals surface area contributed by atoms with Gasteiger partial charge < -0.3 is 15.0 Å². The number of rotatable bonds is 5. The van der Waals surface area contributed by atoms with E-state index in [-0.39, 0.29) is 17.5 Å². The number of ether oxygens (including phenoxy) is 1. The lowest BCUT2D eigenvalue weighted by Crippen LogP contribution is -2.39. The molecular formula is C23H25BrN2O3. The molecule has 0 saturated carbocycles. The lowest BCUT2D eigenvalue weighted by molar-refractivity contribution is -0.127. The Hall–Kier alpha value is -2.60. The molecule has 0 aromatic heterocycles. The van der Waals surface area contributed by atoms with Crippen LogP contribution < -0.4 is 10.1 Å². The molecule has 1 aliphatic heterocycles. The molecule has 0 atom stereocenters. The smallest absolute Gasteiger partial charge is 0.270 e. The molecular weight excluding hydrogens is 432 g/mol. The number of halogens is 1. The van der Waals surface area contributed by atoms with E-state index in [1.54, 1.807) is 30.3 Å². The van der Waals surface area contributed by atoms with Gasteiger partial charge in [-0.05, 0) is 48.7 Å². The summed E-state index contributed by atoms with van der Waals surface area (Å²) in [4.78, 5) is 28.0. The second kappa shape index (κ2) is 10.3. The molecule has 1 fully saturated rings. The molecule has 0 bridgehead atoms. The Morgan fingerprint density at radius 3 is 2.31 bits per heavy atom. The van der Waals surface area contributed by atoms with Crippen molar-refractivity contribution in [1.82, 2.24) is 10.2 Å². The van der Waals surface area contributed by atoms with Gasteiger partial charge in [0.05, 0.1) is 12.7 Å². The van der Waals surface area contributed by atoms with Crippen LogP contribution in [0.25, 0.3) is 6.08 Å². The van der Waals surface area contributed by atoms with Gasteiger partial charge >= 0.3 is 0 Å². The third-order valence-corrected chi connectivity index (χ3v) is 5.43. The topological polar surface area (TPSA) is 58.6 Å². The number of nitrogens with zero attached hydrogens (tertiary/aromatic N) is 1. The molecule has 2 amide bonds. The normalized spacial score (nSPS) is 14.8. The highest BCUT2D eigenvalue weighted by atomic mass is 79.9. The first-order chi connectivity index (χ1) is 14.1. The van der Waals surface area contributed by atoms with Crippen molar-refractivity contribution in [2.45, 2.75) is 25.7 Å². The van der Waals surface area contributed by atoms with Crippen molar-refractivity contribution >= 4 is 33.8 Å². The molecule has 1 N–H and O–H groups in total. The molecule has 2 aromatic rings. The predicted octanol–water partition coefficient (Wildman–Crippen LogP) is 4.63.